The molecule has 0 spiro atoms. The van der Waals surface area contributed by atoms with E-state index in [4.69, 9.17) is 0 Å². The summed E-state index contributed by atoms with van der Waals surface area (Å²) in [6.07, 6.45) is 12.7. The fourth-order valence-corrected chi connectivity index (χ4v) is 7.43. The molecular weight excluding hydrogens is 689 g/mol. The first-order valence-electron chi connectivity index (χ1n) is 14.6. The quantitative estimate of drug-likeness (QED) is 0.0798. The van der Waals surface area contributed by atoms with Gasteiger partial charge in [0, 0.05) is 35.9 Å². The molecule has 1 aromatic heterocycles. The minimum atomic E-state index is -4.52. The standard InChI is InChI=1S/C35H28N2O9S3/c1-36-32-13-9-8-12-28(32)26(29-17-14-23(20-33(29)36)47(38,39)40)10-6-4-3-5-7-11-27-30-18-15-24(48(41,42)43)21-34(30)37(2)35-22-25(49(44,45)46)16-19-31(27)35/h3-22H,1-2H3,(H2-,38,39,40,41,42,43,44,45,46)/p+1. The van der Waals surface area contributed by atoms with Crippen LogP contribution < -0.4 is 9.47 Å². The van der Waals surface area contributed by atoms with Crippen LogP contribution in [0.5, 0.6) is 0 Å². The average molecular weight is 718 g/mol. The van der Waals surface area contributed by atoms with Gasteiger partial charge in [-0.3, -0.25) is 13.7 Å². The van der Waals surface area contributed by atoms with E-state index in [9.17, 15) is 38.9 Å². The van der Waals surface area contributed by atoms with Crippen molar-refractivity contribution < 1.29 is 43.5 Å². The van der Waals surface area contributed by atoms with Crippen LogP contribution in [0.4, 0.5) is 11.4 Å². The minimum absolute atomic E-state index is 0.201. The maximum absolute atomic E-state index is 11.9. The van der Waals surface area contributed by atoms with Crippen LogP contribution in [0.1, 0.15) is 16.7 Å². The van der Waals surface area contributed by atoms with Crippen LogP contribution in [0.15, 0.2) is 130 Å². The number of nitrogens with zero attached hydrogens (tertiary/aromatic N) is 2. The Morgan fingerprint density at radius 2 is 1.08 bits per heavy atom. The number of anilines is 2. The van der Waals surface area contributed by atoms with Crippen molar-refractivity contribution in [3.63, 3.8) is 0 Å². The van der Waals surface area contributed by atoms with Gasteiger partial charge in [-0.25, -0.2) is 0 Å². The first-order chi connectivity index (χ1) is 23.1. The molecule has 0 atom stereocenters. The third-order valence-corrected chi connectivity index (χ3v) is 10.8. The number of hydrogen-bond donors (Lipinski definition) is 3. The summed E-state index contributed by atoms with van der Waals surface area (Å²) in [6.45, 7) is 0. The Morgan fingerprint density at radius 3 is 1.67 bits per heavy atom. The molecule has 0 amide bonds. The number of aromatic nitrogens is 1. The highest BCUT2D eigenvalue weighted by molar-refractivity contribution is 7.86. The smallest absolute Gasteiger partial charge is 0.294 e. The third-order valence-electron chi connectivity index (χ3n) is 8.28. The van der Waals surface area contributed by atoms with E-state index in [-0.39, 0.29) is 14.7 Å². The SMILES string of the molecule is CN1c2cc(S(=O)(=O)O)ccc2C(=C/C=C/C=C/C=C/c2c3ccccc3[n+](C)c3cc(S(=O)(=O)O)ccc23)c2ccc(S(=O)(=O)O)cc21. The summed E-state index contributed by atoms with van der Waals surface area (Å²) in [5.74, 6) is 0. The van der Waals surface area contributed by atoms with E-state index in [0.717, 1.165) is 21.9 Å². The second-order valence-electron chi connectivity index (χ2n) is 11.2. The molecule has 0 fully saturated rings. The number of rotatable bonds is 7. The summed E-state index contributed by atoms with van der Waals surface area (Å²) in [5.41, 5.74) is 5.03. The average Bonchev–Trinajstić information content (AvgIpc) is 3.05. The van der Waals surface area contributed by atoms with E-state index in [1.165, 1.54) is 36.4 Å². The van der Waals surface area contributed by atoms with E-state index < -0.39 is 30.4 Å². The maximum atomic E-state index is 11.9. The summed E-state index contributed by atoms with van der Waals surface area (Å²) < 4.78 is 102. The number of hydrogen-bond acceptors (Lipinski definition) is 7. The molecule has 5 aromatic rings. The molecule has 4 aromatic carbocycles. The van der Waals surface area contributed by atoms with Crippen molar-refractivity contribution in [1.82, 2.24) is 0 Å². The maximum Gasteiger partial charge on any atom is 0.294 e. The fourth-order valence-electron chi connectivity index (χ4n) is 5.93. The Morgan fingerprint density at radius 1 is 0.592 bits per heavy atom. The lowest BCUT2D eigenvalue weighted by Gasteiger charge is -2.32. The van der Waals surface area contributed by atoms with Gasteiger partial charge in [0.1, 0.15) is 11.9 Å². The van der Waals surface area contributed by atoms with E-state index >= 15 is 0 Å². The van der Waals surface area contributed by atoms with Crippen LogP contribution in [-0.4, -0.2) is 46.0 Å². The van der Waals surface area contributed by atoms with Gasteiger partial charge >= 0.3 is 0 Å². The van der Waals surface area contributed by atoms with Crippen LogP contribution >= 0.6 is 0 Å². The van der Waals surface area contributed by atoms with E-state index in [2.05, 4.69) is 0 Å². The first kappa shape index (κ1) is 33.9. The fraction of sp³-hybridized carbons (Fsp3) is 0.0571. The second-order valence-corrected chi connectivity index (χ2v) is 15.5. The highest BCUT2D eigenvalue weighted by atomic mass is 32.2. The summed E-state index contributed by atoms with van der Waals surface area (Å²) in [4.78, 5) is 0.722. The lowest BCUT2D eigenvalue weighted by Crippen LogP contribution is -2.30. The molecule has 14 heteroatoms. The number of aryl methyl sites for hydroxylation is 1. The number of pyridine rings is 1. The minimum Gasteiger partial charge on any atom is -0.344 e. The molecule has 250 valence electrons. The Kier molecular flexibility index (Phi) is 8.65. The van der Waals surface area contributed by atoms with Crippen molar-refractivity contribution in [2.45, 2.75) is 14.7 Å². The predicted molar refractivity (Wildman–Crippen MR) is 187 cm³/mol. The van der Waals surface area contributed by atoms with Gasteiger partial charge in [0.15, 0.2) is 0 Å². The molecule has 0 saturated heterocycles. The molecule has 3 N–H and O–H groups in total. The topological polar surface area (TPSA) is 170 Å². The Hall–Kier alpha value is -4.96. The van der Waals surface area contributed by atoms with Gasteiger partial charge in [-0.1, -0.05) is 66.8 Å². The van der Waals surface area contributed by atoms with Crippen molar-refractivity contribution in [2.75, 3.05) is 11.9 Å². The highest BCUT2D eigenvalue weighted by Gasteiger charge is 2.27. The lowest BCUT2D eigenvalue weighted by molar-refractivity contribution is -0.617. The van der Waals surface area contributed by atoms with Crippen molar-refractivity contribution >= 4 is 75.2 Å². The first-order valence-corrected chi connectivity index (χ1v) is 18.9. The zero-order chi connectivity index (χ0) is 35.3. The molecule has 1 aliphatic rings. The number of para-hydroxylation sites is 1. The molecule has 2 heterocycles. The molecule has 1 aliphatic heterocycles. The molecule has 0 radical (unpaired) electrons. The van der Waals surface area contributed by atoms with E-state index in [1.807, 2.05) is 54.1 Å². The molecule has 0 saturated carbocycles. The molecule has 6 rings (SSSR count). The third kappa shape index (κ3) is 6.57. The zero-order valence-electron chi connectivity index (χ0n) is 26.0. The molecular formula is C35H29N2O9S3+. The molecule has 0 aliphatic carbocycles. The molecule has 11 nitrogen and oxygen atoms in total. The Labute approximate surface area is 283 Å². The summed E-state index contributed by atoms with van der Waals surface area (Å²) in [6, 6.07) is 20.4. The van der Waals surface area contributed by atoms with Crippen LogP contribution in [0, 0.1) is 0 Å². The van der Waals surface area contributed by atoms with Gasteiger partial charge in [-0.2, -0.15) is 29.8 Å². The van der Waals surface area contributed by atoms with Crippen molar-refractivity contribution in [3.05, 3.63) is 132 Å². The van der Waals surface area contributed by atoms with Gasteiger partial charge in [0.2, 0.25) is 11.0 Å². The van der Waals surface area contributed by atoms with Gasteiger partial charge in [0.05, 0.1) is 31.9 Å². The summed E-state index contributed by atoms with van der Waals surface area (Å²) >= 11 is 0. The van der Waals surface area contributed by atoms with Crippen LogP contribution in [-0.2, 0) is 37.4 Å². The predicted octanol–water partition coefficient (Wildman–Crippen LogP) is 5.90. The number of allylic oxidation sites excluding steroid dienone is 6. The highest BCUT2D eigenvalue weighted by Crippen LogP contribution is 2.45. The van der Waals surface area contributed by atoms with Crippen LogP contribution in [0.25, 0.3) is 33.5 Å². The van der Waals surface area contributed by atoms with Gasteiger partial charge in [-0.15, -0.1) is 0 Å². The van der Waals surface area contributed by atoms with E-state index in [1.54, 1.807) is 54.5 Å². The molecule has 0 unspecified atom stereocenters. The number of fused-ring (bicyclic) bond motifs is 4. The second kappa shape index (κ2) is 12.5. The molecule has 49 heavy (non-hydrogen) atoms. The van der Waals surface area contributed by atoms with Crippen LogP contribution in [0.3, 0.4) is 0 Å². The van der Waals surface area contributed by atoms with E-state index in [0.29, 0.717) is 33.6 Å². The monoisotopic (exact) mass is 717 g/mol. The zero-order valence-corrected chi connectivity index (χ0v) is 28.4. The van der Waals surface area contributed by atoms with Crippen molar-refractivity contribution in [3.8, 4) is 0 Å². The van der Waals surface area contributed by atoms with Crippen molar-refractivity contribution in [1.29, 1.82) is 0 Å². The summed E-state index contributed by atoms with van der Waals surface area (Å²) in [7, 11) is -9.98. The van der Waals surface area contributed by atoms with Gasteiger partial charge < -0.3 is 4.90 Å². The van der Waals surface area contributed by atoms with Crippen molar-refractivity contribution in [2.24, 2.45) is 7.05 Å². The summed E-state index contributed by atoms with van der Waals surface area (Å²) in [5, 5.41) is 1.73. The Balaban J connectivity index is 1.36. The van der Waals surface area contributed by atoms with Gasteiger partial charge in [0.25, 0.3) is 30.4 Å². The largest absolute Gasteiger partial charge is 0.344 e. The van der Waals surface area contributed by atoms with Crippen LogP contribution in [0.2, 0.25) is 0 Å². The Bertz CT molecular complexity index is 2570. The van der Waals surface area contributed by atoms with Gasteiger partial charge in [-0.05, 0) is 48.0 Å². The molecule has 0 bridgehead atoms. The lowest BCUT2D eigenvalue weighted by atomic mass is 9.90. The normalized spacial score (nSPS) is 14.0. The number of benzene rings is 4.